The average molecular weight is 604 g/mol. The van der Waals surface area contributed by atoms with E-state index in [4.69, 9.17) is 9.53 Å². The number of amides is 1. The number of aldehydes is 2. The molecule has 1 amide bonds. The monoisotopic (exact) mass is 603 g/mol. The normalized spacial score (nSPS) is 17.2. The first-order chi connectivity index (χ1) is 21.3. The quantitative estimate of drug-likeness (QED) is 0.311. The highest BCUT2D eigenvalue weighted by Gasteiger charge is 2.28. The molecule has 236 valence electrons. The topological polar surface area (TPSA) is 121 Å². The lowest BCUT2D eigenvalue weighted by molar-refractivity contribution is -0.109. The summed E-state index contributed by atoms with van der Waals surface area (Å²) >= 11 is 0. The first-order valence-electron chi connectivity index (χ1n) is 14.9. The molecule has 0 bridgehead atoms. The van der Waals surface area contributed by atoms with Crippen molar-refractivity contribution in [1.29, 1.82) is 5.26 Å². The van der Waals surface area contributed by atoms with Gasteiger partial charge in [0.2, 0.25) is 6.41 Å². The summed E-state index contributed by atoms with van der Waals surface area (Å²) in [6, 6.07) is 14.0. The van der Waals surface area contributed by atoms with E-state index in [1.807, 2.05) is 50.5 Å². The predicted octanol–water partition coefficient (Wildman–Crippen LogP) is 3.28. The number of carbonyl (C=O) groups excluding carboxylic acids is 3. The molecule has 2 N–H and O–H groups in total. The van der Waals surface area contributed by atoms with Crippen LogP contribution in [-0.4, -0.2) is 100 Å². The van der Waals surface area contributed by atoms with E-state index < -0.39 is 0 Å². The minimum atomic E-state index is 0.0896. The van der Waals surface area contributed by atoms with E-state index in [9.17, 15) is 14.9 Å². The number of hydrogen-bond donors (Lipinski definition) is 2. The number of likely N-dealkylation sites (tertiary alicyclic amines) is 1. The van der Waals surface area contributed by atoms with Gasteiger partial charge in [0.15, 0.2) is 0 Å². The minimum Gasteiger partial charge on any atom is -0.489 e. The summed E-state index contributed by atoms with van der Waals surface area (Å²) in [6.45, 7) is 6.23. The van der Waals surface area contributed by atoms with Gasteiger partial charge >= 0.3 is 0 Å². The number of anilines is 2. The SMILES string of the molecule is CNC=O.CNc1cc(N2C=C(CN3CC[C@H](Oc4ccc(C=O)c(CN(C)C(C)CCC=O)c4)C3)CN2C)ccc1C#N. The summed E-state index contributed by atoms with van der Waals surface area (Å²) in [4.78, 5) is 36.1. The first kappa shape index (κ1) is 34.3. The van der Waals surface area contributed by atoms with Crippen molar-refractivity contribution in [3.63, 3.8) is 0 Å². The second-order valence-electron chi connectivity index (χ2n) is 11.2. The predicted molar refractivity (Wildman–Crippen MR) is 173 cm³/mol. The van der Waals surface area contributed by atoms with Crippen LogP contribution in [-0.2, 0) is 16.1 Å². The molecule has 0 radical (unpaired) electrons. The van der Waals surface area contributed by atoms with Crippen molar-refractivity contribution < 1.29 is 19.1 Å². The number of hydrogen-bond acceptors (Lipinski definition) is 10. The van der Waals surface area contributed by atoms with Gasteiger partial charge in [-0.05, 0) is 74.3 Å². The van der Waals surface area contributed by atoms with Crippen molar-refractivity contribution in [2.45, 2.75) is 44.9 Å². The lowest BCUT2D eigenvalue weighted by Crippen LogP contribution is -2.32. The van der Waals surface area contributed by atoms with Gasteiger partial charge in [-0.15, -0.1) is 0 Å². The van der Waals surface area contributed by atoms with Crippen molar-refractivity contribution in [2.24, 2.45) is 0 Å². The van der Waals surface area contributed by atoms with Crippen LogP contribution in [0.5, 0.6) is 5.75 Å². The van der Waals surface area contributed by atoms with Gasteiger partial charge in [0.05, 0.1) is 16.9 Å². The molecule has 0 spiro atoms. The standard InChI is InChI=1S/C31H40N6O3.C2H5NO/c1-23(6-5-13-38)34(3)20-27-14-29(10-8-26(27)22-39)40-30-11-12-36(21-30)18-24-17-35(4)37(19-24)28-9-7-25(16-32)31(15-28)33-2;1-3-2-4/h7-10,13-15,19,22-23,30,33H,5-6,11-12,17-18,20-21H2,1-4H3;2H,1H3,(H,3,4)/t23?,30-;/m0./s1. The molecule has 11 heteroatoms. The first-order valence-corrected chi connectivity index (χ1v) is 14.9. The Morgan fingerprint density at radius 1 is 1.18 bits per heavy atom. The van der Waals surface area contributed by atoms with Crippen LogP contribution < -0.4 is 20.4 Å². The molecule has 0 aromatic heterocycles. The summed E-state index contributed by atoms with van der Waals surface area (Å²) in [5, 5.41) is 19.0. The number of nitrogens with one attached hydrogen (secondary N) is 2. The van der Waals surface area contributed by atoms with Crippen molar-refractivity contribution >= 4 is 30.4 Å². The van der Waals surface area contributed by atoms with Crippen LogP contribution in [0.25, 0.3) is 0 Å². The highest BCUT2D eigenvalue weighted by atomic mass is 16.5. The van der Waals surface area contributed by atoms with Gasteiger partial charge in [0.1, 0.15) is 30.5 Å². The molecule has 4 rings (SSSR count). The van der Waals surface area contributed by atoms with Crippen LogP contribution >= 0.6 is 0 Å². The number of likely N-dealkylation sites (N-methyl/N-ethyl adjacent to an activating group) is 1. The zero-order chi connectivity index (χ0) is 32.1. The number of carbonyl (C=O) groups is 3. The fraction of sp³-hybridized carbons (Fsp3) is 0.455. The molecule has 2 aromatic carbocycles. The summed E-state index contributed by atoms with van der Waals surface area (Å²) in [5.74, 6) is 0.786. The third-order valence-electron chi connectivity index (χ3n) is 7.95. The minimum absolute atomic E-state index is 0.0896. The number of hydrazine groups is 1. The lowest BCUT2D eigenvalue weighted by Gasteiger charge is -2.25. The second-order valence-corrected chi connectivity index (χ2v) is 11.2. The molecular weight excluding hydrogens is 558 g/mol. The summed E-state index contributed by atoms with van der Waals surface area (Å²) in [5.41, 5.74) is 5.39. The largest absolute Gasteiger partial charge is 0.489 e. The third kappa shape index (κ3) is 9.38. The molecule has 1 saturated heterocycles. The Balaban J connectivity index is 0.00000124. The Labute approximate surface area is 261 Å². The second kappa shape index (κ2) is 17.2. The van der Waals surface area contributed by atoms with Crippen molar-refractivity contribution in [3.8, 4) is 11.8 Å². The van der Waals surface area contributed by atoms with Crippen LogP contribution in [0.15, 0.2) is 48.2 Å². The molecule has 2 aliphatic heterocycles. The van der Waals surface area contributed by atoms with Gasteiger partial charge in [0, 0.05) is 78.1 Å². The van der Waals surface area contributed by atoms with Crippen LogP contribution in [0, 0.1) is 11.3 Å². The van der Waals surface area contributed by atoms with Gasteiger partial charge in [0.25, 0.3) is 0 Å². The molecule has 0 saturated carbocycles. The smallest absolute Gasteiger partial charge is 0.206 e. The van der Waals surface area contributed by atoms with E-state index in [2.05, 4.69) is 56.7 Å². The number of nitriles is 1. The molecule has 11 nitrogen and oxygen atoms in total. The van der Waals surface area contributed by atoms with Crippen molar-refractivity contribution in [3.05, 3.63) is 64.9 Å². The maximum atomic E-state index is 11.7. The van der Waals surface area contributed by atoms with Gasteiger partial charge in [-0.1, -0.05) is 0 Å². The van der Waals surface area contributed by atoms with Gasteiger partial charge in [-0.25, -0.2) is 5.01 Å². The molecule has 2 aromatic rings. The number of rotatable bonds is 14. The fourth-order valence-corrected chi connectivity index (χ4v) is 5.40. The summed E-state index contributed by atoms with van der Waals surface area (Å²) in [6.07, 6.45) is 7.02. The van der Waals surface area contributed by atoms with Crippen LogP contribution in [0.1, 0.15) is 47.7 Å². The van der Waals surface area contributed by atoms with E-state index in [0.717, 1.165) is 74.3 Å². The van der Waals surface area contributed by atoms with E-state index in [0.29, 0.717) is 30.5 Å². The van der Waals surface area contributed by atoms with Gasteiger partial charge < -0.3 is 20.2 Å². The number of nitrogens with zero attached hydrogens (tertiary/aromatic N) is 5. The maximum Gasteiger partial charge on any atom is 0.206 e. The number of benzene rings is 2. The Morgan fingerprint density at radius 2 is 1.95 bits per heavy atom. The van der Waals surface area contributed by atoms with E-state index in [-0.39, 0.29) is 12.1 Å². The Kier molecular flexibility index (Phi) is 13.4. The summed E-state index contributed by atoms with van der Waals surface area (Å²) in [7, 11) is 7.48. The molecule has 1 unspecified atom stereocenters. The fourth-order valence-electron chi connectivity index (χ4n) is 5.40. The van der Waals surface area contributed by atoms with E-state index in [1.165, 1.54) is 5.57 Å². The molecule has 0 aliphatic carbocycles. The molecule has 1 fully saturated rings. The lowest BCUT2D eigenvalue weighted by atomic mass is 10.1. The van der Waals surface area contributed by atoms with Gasteiger partial charge in [-0.3, -0.25) is 24.4 Å². The zero-order valence-corrected chi connectivity index (χ0v) is 26.5. The van der Waals surface area contributed by atoms with Crippen LogP contribution in [0.4, 0.5) is 11.4 Å². The maximum absolute atomic E-state index is 11.7. The Bertz CT molecular complexity index is 1340. The number of ether oxygens (including phenoxy) is 1. The molecule has 2 heterocycles. The third-order valence-corrected chi connectivity index (χ3v) is 7.95. The van der Waals surface area contributed by atoms with E-state index >= 15 is 0 Å². The van der Waals surface area contributed by atoms with Crippen molar-refractivity contribution in [1.82, 2.24) is 20.1 Å². The molecule has 44 heavy (non-hydrogen) atoms. The van der Waals surface area contributed by atoms with Crippen LogP contribution in [0.3, 0.4) is 0 Å². The van der Waals surface area contributed by atoms with Gasteiger partial charge in [-0.2, -0.15) is 5.26 Å². The Hall–Kier alpha value is -4.24. The highest BCUT2D eigenvalue weighted by Crippen LogP contribution is 2.29. The highest BCUT2D eigenvalue weighted by molar-refractivity contribution is 5.77. The Morgan fingerprint density at radius 3 is 2.61 bits per heavy atom. The summed E-state index contributed by atoms with van der Waals surface area (Å²) < 4.78 is 6.38. The molecular formula is C33H45N7O4. The average Bonchev–Trinajstić information content (AvgIpc) is 3.64. The van der Waals surface area contributed by atoms with Crippen LogP contribution in [0.2, 0.25) is 0 Å². The van der Waals surface area contributed by atoms with E-state index in [1.54, 1.807) is 7.05 Å². The molecule has 2 atom stereocenters. The zero-order valence-electron chi connectivity index (χ0n) is 26.5. The van der Waals surface area contributed by atoms with Crippen molar-refractivity contribution in [2.75, 3.05) is 64.7 Å². The molecule has 2 aliphatic rings.